The maximum atomic E-state index is 6.04. The molecule has 3 aromatic rings. The van der Waals surface area contributed by atoms with Crippen molar-refractivity contribution in [2.24, 2.45) is 0 Å². The van der Waals surface area contributed by atoms with Gasteiger partial charge in [0.25, 0.3) is 0 Å². The first kappa shape index (κ1) is 14.3. The topological polar surface area (TPSA) is 52.8 Å². The molecule has 0 fully saturated rings. The Bertz CT molecular complexity index is 818. The van der Waals surface area contributed by atoms with E-state index in [9.17, 15) is 0 Å². The van der Waals surface area contributed by atoms with Crippen LogP contribution in [0.4, 0.5) is 0 Å². The lowest BCUT2D eigenvalue weighted by molar-refractivity contribution is 0.401. The average Bonchev–Trinajstić information content (AvgIpc) is 2.88. The Kier molecular flexibility index (Phi) is 3.82. The third-order valence-electron chi connectivity index (χ3n) is 3.19. The fourth-order valence-electron chi connectivity index (χ4n) is 2.19. The van der Waals surface area contributed by atoms with Gasteiger partial charge in [0.15, 0.2) is 11.2 Å². The zero-order valence-corrected chi connectivity index (χ0v) is 13.8. The highest BCUT2D eigenvalue weighted by atomic mass is 79.9. The van der Waals surface area contributed by atoms with Crippen molar-refractivity contribution >= 4 is 38.7 Å². The lowest BCUT2D eigenvalue weighted by atomic mass is 10.2. The van der Waals surface area contributed by atoms with Crippen LogP contribution in [0.5, 0.6) is 5.88 Å². The van der Waals surface area contributed by atoms with E-state index in [1.54, 1.807) is 7.11 Å². The summed E-state index contributed by atoms with van der Waals surface area (Å²) in [5.41, 5.74) is 3.36. The quantitative estimate of drug-likeness (QED) is 0.663. The van der Waals surface area contributed by atoms with Crippen LogP contribution < -0.4 is 4.74 Å². The van der Waals surface area contributed by atoms with E-state index in [-0.39, 0.29) is 5.88 Å². The minimum absolute atomic E-state index is 0.272. The first-order valence-electron chi connectivity index (χ1n) is 6.24. The van der Waals surface area contributed by atoms with Crippen LogP contribution in [0.2, 0.25) is 0 Å². The minimum Gasteiger partial charge on any atom is -0.479 e. The summed E-state index contributed by atoms with van der Waals surface area (Å²) in [7, 11) is 1.56. The molecular formula is C14H12BrClN4O. The van der Waals surface area contributed by atoms with Gasteiger partial charge in [-0.2, -0.15) is 4.98 Å². The van der Waals surface area contributed by atoms with Crippen LogP contribution in [0.1, 0.15) is 11.4 Å². The second-order valence-electron chi connectivity index (χ2n) is 4.49. The van der Waals surface area contributed by atoms with Gasteiger partial charge >= 0.3 is 0 Å². The molecule has 0 spiro atoms. The maximum Gasteiger partial charge on any atom is 0.245 e. The van der Waals surface area contributed by atoms with Crippen LogP contribution in [0.25, 0.3) is 16.9 Å². The van der Waals surface area contributed by atoms with E-state index < -0.39 is 0 Å². The third-order valence-corrected chi connectivity index (χ3v) is 4.32. The highest BCUT2D eigenvalue weighted by Gasteiger charge is 2.17. The summed E-state index contributed by atoms with van der Waals surface area (Å²) in [6.45, 7) is 2.03. The standard InChI is InChI=1S/C14H12BrClN4O/c1-8-5-9(3-4-10(8)15)20-11(6-16)19-12-13(20)17-7-18-14(12)21-2/h3-5,7H,6H2,1-2H3. The number of fused-ring (bicyclic) bond motifs is 1. The number of imidazole rings is 1. The van der Waals surface area contributed by atoms with Gasteiger partial charge in [-0.15, -0.1) is 11.6 Å². The number of alkyl halides is 1. The van der Waals surface area contributed by atoms with Crippen LogP contribution in [0, 0.1) is 6.92 Å². The van der Waals surface area contributed by atoms with E-state index >= 15 is 0 Å². The summed E-state index contributed by atoms with van der Waals surface area (Å²) in [5.74, 6) is 1.42. The van der Waals surface area contributed by atoms with Crippen molar-refractivity contribution < 1.29 is 4.74 Å². The average molecular weight is 368 g/mol. The van der Waals surface area contributed by atoms with Crippen LogP contribution in [-0.4, -0.2) is 26.6 Å². The second-order valence-corrected chi connectivity index (χ2v) is 5.61. The zero-order valence-electron chi connectivity index (χ0n) is 11.5. The van der Waals surface area contributed by atoms with Gasteiger partial charge in [0.05, 0.1) is 13.0 Å². The molecule has 3 rings (SSSR count). The molecule has 108 valence electrons. The number of benzene rings is 1. The van der Waals surface area contributed by atoms with Gasteiger partial charge in [0.1, 0.15) is 12.2 Å². The van der Waals surface area contributed by atoms with Gasteiger partial charge in [-0.1, -0.05) is 15.9 Å². The number of hydrogen-bond donors (Lipinski definition) is 0. The lowest BCUT2D eigenvalue weighted by Crippen LogP contribution is -2.01. The van der Waals surface area contributed by atoms with Crippen LogP contribution in [0.3, 0.4) is 0 Å². The first-order chi connectivity index (χ1) is 10.2. The van der Waals surface area contributed by atoms with E-state index in [4.69, 9.17) is 16.3 Å². The molecule has 1 aromatic carbocycles. The molecule has 0 aliphatic rings. The summed E-state index contributed by atoms with van der Waals surface area (Å²) in [5, 5.41) is 0. The SMILES string of the molecule is COc1ncnc2c1nc(CCl)n2-c1ccc(Br)c(C)c1. The van der Waals surface area contributed by atoms with E-state index in [0.29, 0.717) is 22.9 Å². The molecule has 0 amide bonds. The number of ether oxygens (including phenoxy) is 1. The lowest BCUT2D eigenvalue weighted by Gasteiger charge is -2.09. The van der Waals surface area contributed by atoms with Crippen molar-refractivity contribution in [3.05, 3.63) is 40.4 Å². The van der Waals surface area contributed by atoms with E-state index in [0.717, 1.165) is 15.7 Å². The summed E-state index contributed by atoms with van der Waals surface area (Å²) >= 11 is 9.54. The van der Waals surface area contributed by atoms with Crippen molar-refractivity contribution in [2.45, 2.75) is 12.8 Å². The Morgan fingerprint density at radius 3 is 2.81 bits per heavy atom. The molecular weight excluding hydrogens is 356 g/mol. The van der Waals surface area contributed by atoms with Gasteiger partial charge in [-0.25, -0.2) is 9.97 Å². The van der Waals surface area contributed by atoms with E-state index in [2.05, 4.69) is 36.9 Å². The number of methoxy groups -OCH3 is 1. The highest BCUT2D eigenvalue weighted by molar-refractivity contribution is 9.10. The maximum absolute atomic E-state index is 6.04. The third kappa shape index (κ3) is 2.38. The zero-order chi connectivity index (χ0) is 15.0. The second kappa shape index (κ2) is 5.61. The summed E-state index contributed by atoms with van der Waals surface area (Å²) in [6.07, 6.45) is 1.46. The Morgan fingerprint density at radius 1 is 1.33 bits per heavy atom. The summed E-state index contributed by atoms with van der Waals surface area (Å²) < 4.78 is 8.22. The number of rotatable bonds is 3. The molecule has 0 atom stereocenters. The molecule has 0 aliphatic heterocycles. The van der Waals surface area contributed by atoms with Gasteiger partial charge in [0, 0.05) is 10.2 Å². The number of nitrogens with zero attached hydrogens (tertiary/aromatic N) is 4. The number of aromatic nitrogens is 4. The fraction of sp³-hybridized carbons (Fsp3) is 0.214. The molecule has 5 nitrogen and oxygen atoms in total. The molecule has 0 N–H and O–H groups in total. The molecule has 0 aliphatic carbocycles. The first-order valence-corrected chi connectivity index (χ1v) is 7.57. The predicted octanol–water partition coefficient (Wildman–Crippen LogP) is 3.63. The number of halogens is 2. The van der Waals surface area contributed by atoms with Crippen LogP contribution in [-0.2, 0) is 5.88 Å². The molecule has 2 aromatic heterocycles. The molecule has 7 heteroatoms. The minimum atomic E-state index is 0.272. The highest BCUT2D eigenvalue weighted by Crippen LogP contribution is 2.27. The van der Waals surface area contributed by atoms with Crippen molar-refractivity contribution in [1.82, 2.24) is 19.5 Å². The smallest absolute Gasteiger partial charge is 0.245 e. The predicted molar refractivity (Wildman–Crippen MR) is 85.2 cm³/mol. The summed E-state index contributed by atoms with van der Waals surface area (Å²) in [4.78, 5) is 12.9. The van der Waals surface area contributed by atoms with Crippen molar-refractivity contribution in [3.8, 4) is 11.6 Å². The molecule has 21 heavy (non-hydrogen) atoms. The molecule has 0 radical (unpaired) electrons. The Balaban J connectivity index is 2.32. The van der Waals surface area contributed by atoms with Crippen molar-refractivity contribution in [2.75, 3.05) is 7.11 Å². The van der Waals surface area contributed by atoms with Gasteiger partial charge in [0.2, 0.25) is 5.88 Å². The van der Waals surface area contributed by atoms with Gasteiger partial charge < -0.3 is 4.74 Å². The van der Waals surface area contributed by atoms with Gasteiger partial charge in [-0.05, 0) is 30.7 Å². The Labute approximate surface area is 135 Å². The monoisotopic (exact) mass is 366 g/mol. The number of aryl methyl sites for hydroxylation is 1. The normalized spacial score (nSPS) is 11.0. The number of hydrogen-bond acceptors (Lipinski definition) is 4. The largest absolute Gasteiger partial charge is 0.479 e. The summed E-state index contributed by atoms with van der Waals surface area (Å²) in [6, 6.07) is 6.03. The molecule has 0 bridgehead atoms. The fourth-order valence-corrected chi connectivity index (χ4v) is 2.62. The molecule has 0 saturated heterocycles. The van der Waals surface area contributed by atoms with Crippen molar-refractivity contribution in [3.63, 3.8) is 0 Å². The molecule has 0 unspecified atom stereocenters. The molecule has 2 heterocycles. The van der Waals surface area contributed by atoms with Crippen molar-refractivity contribution in [1.29, 1.82) is 0 Å². The Morgan fingerprint density at radius 2 is 2.14 bits per heavy atom. The van der Waals surface area contributed by atoms with Crippen LogP contribution in [0.15, 0.2) is 29.0 Å². The van der Waals surface area contributed by atoms with Crippen LogP contribution >= 0.6 is 27.5 Å². The van der Waals surface area contributed by atoms with Gasteiger partial charge in [-0.3, -0.25) is 4.57 Å². The Hall–Kier alpha value is -1.66. The molecule has 0 saturated carbocycles. The van der Waals surface area contributed by atoms with E-state index in [1.807, 2.05) is 23.6 Å². The van der Waals surface area contributed by atoms with E-state index in [1.165, 1.54) is 6.33 Å².